The van der Waals surface area contributed by atoms with Crippen LogP contribution < -0.4 is 0 Å². The maximum absolute atomic E-state index is 9.29. The van der Waals surface area contributed by atoms with Gasteiger partial charge in [-0.3, -0.25) is 9.89 Å². The lowest BCUT2D eigenvalue weighted by Crippen LogP contribution is -2.17. The second kappa shape index (κ2) is 7.36. The molecule has 1 N–H and O–H groups in total. The molecule has 0 amide bonds. The molecule has 2 aliphatic rings. The molecule has 5 nitrogen and oxygen atoms in total. The minimum Gasteiger partial charge on any atom is -0.371 e. The smallest absolute Gasteiger partial charge is 0.148 e. The topological polar surface area (TPSA) is 53.6 Å². The summed E-state index contributed by atoms with van der Waals surface area (Å²) in [5.74, 6) is 0. The van der Waals surface area contributed by atoms with Gasteiger partial charge in [-0.2, -0.15) is 5.10 Å². The SMILES string of the molecule is CC.OC1CC=C(n2cc(CN3CCCC3)cn2)C=N1. The first kappa shape index (κ1) is 14.9. The number of aliphatic imine (C=N–C) groups is 1. The molecule has 1 atom stereocenters. The van der Waals surface area contributed by atoms with Gasteiger partial charge in [-0.1, -0.05) is 19.9 Å². The van der Waals surface area contributed by atoms with Gasteiger partial charge in [0, 0.05) is 30.9 Å². The van der Waals surface area contributed by atoms with Crippen LogP contribution in [-0.4, -0.2) is 45.3 Å². The summed E-state index contributed by atoms with van der Waals surface area (Å²) in [4.78, 5) is 6.44. The first-order chi connectivity index (χ1) is 9.81. The second-order valence-electron chi connectivity index (χ2n) is 4.90. The lowest BCUT2D eigenvalue weighted by Gasteiger charge is -2.12. The van der Waals surface area contributed by atoms with Gasteiger partial charge in [0.1, 0.15) is 6.23 Å². The predicted molar refractivity (Wildman–Crippen MR) is 81.5 cm³/mol. The molecule has 0 saturated carbocycles. The number of aliphatic hydroxyl groups is 1. The fourth-order valence-corrected chi connectivity index (χ4v) is 2.44. The van der Waals surface area contributed by atoms with E-state index in [1.807, 2.05) is 37.0 Å². The molecule has 1 aromatic rings. The number of allylic oxidation sites excluding steroid dienone is 1. The highest BCUT2D eigenvalue weighted by Crippen LogP contribution is 2.15. The molecule has 5 heteroatoms. The average molecular weight is 276 g/mol. The molecular weight excluding hydrogens is 252 g/mol. The van der Waals surface area contributed by atoms with Crippen molar-refractivity contribution in [3.8, 4) is 0 Å². The number of rotatable bonds is 3. The molecule has 2 aliphatic heterocycles. The highest BCUT2D eigenvalue weighted by molar-refractivity contribution is 6.02. The Labute approximate surface area is 120 Å². The Balaban J connectivity index is 0.000000704. The molecule has 3 rings (SSSR count). The molecule has 1 aromatic heterocycles. The third-order valence-corrected chi connectivity index (χ3v) is 3.42. The molecule has 0 aliphatic carbocycles. The Morgan fingerprint density at radius 1 is 1.30 bits per heavy atom. The van der Waals surface area contributed by atoms with E-state index >= 15 is 0 Å². The van der Waals surface area contributed by atoms with Crippen LogP contribution in [0.4, 0.5) is 0 Å². The van der Waals surface area contributed by atoms with Crippen molar-refractivity contribution in [3.05, 3.63) is 24.0 Å². The van der Waals surface area contributed by atoms with Crippen LogP contribution in [0, 0.1) is 0 Å². The van der Waals surface area contributed by atoms with E-state index in [9.17, 15) is 5.11 Å². The van der Waals surface area contributed by atoms with E-state index in [1.54, 1.807) is 6.21 Å². The number of hydrogen-bond donors (Lipinski definition) is 1. The fourth-order valence-electron chi connectivity index (χ4n) is 2.44. The van der Waals surface area contributed by atoms with Crippen LogP contribution in [-0.2, 0) is 6.54 Å². The van der Waals surface area contributed by atoms with E-state index < -0.39 is 6.23 Å². The third kappa shape index (κ3) is 3.77. The molecule has 1 unspecified atom stereocenters. The van der Waals surface area contributed by atoms with Crippen molar-refractivity contribution >= 4 is 11.9 Å². The van der Waals surface area contributed by atoms with Gasteiger partial charge in [0.15, 0.2) is 0 Å². The zero-order chi connectivity index (χ0) is 14.4. The zero-order valence-electron chi connectivity index (χ0n) is 12.4. The number of hydrogen-bond acceptors (Lipinski definition) is 4. The van der Waals surface area contributed by atoms with Crippen LogP contribution in [0.25, 0.3) is 5.70 Å². The molecule has 0 radical (unpaired) electrons. The molecule has 1 saturated heterocycles. The zero-order valence-corrected chi connectivity index (χ0v) is 12.4. The number of aliphatic hydroxyl groups excluding tert-OH is 1. The van der Waals surface area contributed by atoms with E-state index in [4.69, 9.17) is 0 Å². The monoisotopic (exact) mass is 276 g/mol. The van der Waals surface area contributed by atoms with Crippen LogP contribution in [0.2, 0.25) is 0 Å². The highest BCUT2D eigenvalue weighted by Gasteiger charge is 2.13. The summed E-state index contributed by atoms with van der Waals surface area (Å²) in [5.41, 5.74) is 2.17. The summed E-state index contributed by atoms with van der Waals surface area (Å²) in [6.07, 6.45) is 10.2. The quantitative estimate of drug-likeness (QED) is 0.920. The molecule has 0 aromatic carbocycles. The summed E-state index contributed by atoms with van der Waals surface area (Å²) in [6.45, 7) is 7.37. The van der Waals surface area contributed by atoms with Crippen molar-refractivity contribution in [2.24, 2.45) is 4.99 Å². The van der Waals surface area contributed by atoms with E-state index in [0.29, 0.717) is 6.42 Å². The first-order valence-electron chi connectivity index (χ1n) is 7.49. The van der Waals surface area contributed by atoms with Gasteiger partial charge < -0.3 is 5.11 Å². The van der Waals surface area contributed by atoms with Crippen molar-refractivity contribution in [1.29, 1.82) is 0 Å². The van der Waals surface area contributed by atoms with Crippen LogP contribution in [0.5, 0.6) is 0 Å². The second-order valence-corrected chi connectivity index (χ2v) is 4.90. The average Bonchev–Trinajstić information content (AvgIpc) is 3.14. The molecule has 1 fully saturated rings. The summed E-state index contributed by atoms with van der Waals surface area (Å²) in [6, 6.07) is 0. The number of likely N-dealkylation sites (tertiary alicyclic amines) is 1. The molecule has 3 heterocycles. The summed E-state index contributed by atoms with van der Waals surface area (Å²) in [5, 5.41) is 13.6. The Bertz CT molecular complexity index is 472. The van der Waals surface area contributed by atoms with Crippen LogP contribution in [0.3, 0.4) is 0 Å². The van der Waals surface area contributed by atoms with Crippen molar-refractivity contribution in [2.75, 3.05) is 13.1 Å². The van der Waals surface area contributed by atoms with Gasteiger partial charge in [-0.25, -0.2) is 4.68 Å². The van der Waals surface area contributed by atoms with Gasteiger partial charge in [-0.05, 0) is 25.9 Å². The molecule has 0 spiro atoms. The predicted octanol–water partition coefficient (Wildman–Crippen LogP) is 2.14. The van der Waals surface area contributed by atoms with E-state index in [2.05, 4.69) is 15.0 Å². The number of dihydropyridines is 1. The molecular formula is C15H24N4O. The van der Waals surface area contributed by atoms with Gasteiger partial charge in [0.05, 0.1) is 11.9 Å². The first-order valence-corrected chi connectivity index (χ1v) is 7.49. The lowest BCUT2D eigenvalue weighted by molar-refractivity contribution is 0.188. The maximum Gasteiger partial charge on any atom is 0.148 e. The van der Waals surface area contributed by atoms with Gasteiger partial charge in [-0.15, -0.1) is 0 Å². The summed E-state index contributed by atoms with van der Waals surface area (Å²) in [7, 11) is 0. The lowest BCUT2D eigenvalue weighted by atomic mass is 10.2. The van der Waals surface area contributed by atoms with Crippen LogP contribution in [0.1, 0.15) is 38.7 Å². The minimum absolute atomic E-state index is 0.563. The largest absolute Gasteiger partial charge is 0.371 e. The molecule has 110 valence electrons. The van der Waals surface area contributed by atoms with Crippen molar-refractivity contribution in [1.82, 2.24) is 14.7 Å². The standard InChI is InChI=1S/C13H18N4O.C2H6/c18-13-4-3-12(8-14-13)17-10-11(7-15-17)9-16-5-1-2-6-16;1-2/h3,7-8,10,13,18H,1-2,4-6,9H2;1-2H3. The van der Waals surface area contributed by atoms with Crippen molar-refractivity contribution in [2.45, 2.75) is 45.9 Å². The number of aromatic nitrogens is 2. The summed E-state index contributed by atoms with van der Waals surface area (Å²) >= 11 is 0. The Morgan fingerprint density at radius 3 is 2.70 bits per heavy atom. The normalized spacial score (nSPS) is 22.4. The van der Waals surface area contributed by atoms with Crippen LogP contribution in [0.15, 0.2) is 23.5 Å². The van der Waals surface area contributed by atoms with E-state index in [0.717, 1.165) is 12.2 Å². The Kier molecular flexibility index (Phi) is 5.49. The fraction of sp³-hybridized carbons (Fsp3) is 0.600. The summed E-state index contributed by atoms with van der Waals surface area (Å²) < 4.78 is 1.83. The maximum atomic E-state index is 9.29. The van der Waals surface area contributed by atoms with Gasteiger partial charge in [0.25, 0.3) is 0 Å². The molecule has 20 heavy (non-hydrogen) atoms. The van der Waals surface area contributed by atoms with Crippen molar-refractivity contribution < 1.29 is 5.11 Å². The number of nitrogens with zero attached hydrogens (tertiary/aromatic N) is 4. The van der Waals surface area contributed by atoms with E-state index in [-0.39, 0.29) is 0 Å². The van der Waals surface area contributed by atoms with Crippen molar-refractivity contribution in [3.63, 3.8) is 0 Å². The van der Waals surface area contributed by atoms with Gasteiger partial charge in [0.2, 0.25) is 0 Å². The Hall–Kier alpha value is -1.46. The van der Waals surface area contributed by atoms with Crippen LogP contribution >= 0.6 is 0 Å². The Morgan fingerprint density at radius 2 is 2.05 bits per heavy atom. The van der Waals surface area contributed by atoms with Gasteiger partial charge >= 0.3 is 0 Å². The highest BCUT2D eigenvalue weighted by atomic mass is 16.3. The molecule has 0 bridgehead atoms. The minimum atomic E-state index is -0.589. The third-order valence-electron chi connectivity index (χ3n) is 3.42. The van der Waals surface area contributed by atoms with E-state index in [1.165, 1.54) is 31.5 Å².